The molecule has 198 valence electrons. The fourth-order valence-corrected chi connectivity index (χ4v) is 6.39. The van der Waals surface area contributed by atoms with Gasteiger partial charge in [0.2, 0.25) is 0 Å². The summed E-state index contributed by atoms with van der Waals surface area (Å²) in [6.07, 6.45) is 3.39. The molecule has 1 unspecified atom stereocenters. The van der Waals surface area contributed by atoms with Crippen LogP contribution in [0.15, 0.2) is 70.5 Å². The SMILES string of the molecule is Cc1ccc(C)c(CNN2C(=O)c3ccccc3S(=O)c3ccc(C(=O)NCCCN4CCCC4)cc32)c1. The molecule has 38 heavy (non-hydrogen) atoms. The number of benzene rings is 3. The minimum atomic E-state index is -1.57. The van der Waals surface area contributed by atoms with E-state index in [9.17, 15) is 13.8 Å². The topological polar surface area (TPSA) is 81.8 Å². The summed E-state index contributed by atoms with van der Waals surface area (Å²) >= 11 is 0. The molecule has 0 bridgehead atoms. The summed E-state index contributed by atoms with van der Waals surface area (Å²) in [6, 6.07) is 18.2. The molecule has 0 saturated carbocycles. The van der Waals surface area contributed by atoms with Crippen molar-refractivity contribution in [2.45, 2.75) is 49.4 Å². The molecule has 1 fully saturated rings. The van der Waals surface area contributed by atoms with Crippen LogP contribution in [0.1, 0.15) is 56.7 Å². The van der Waals surface area contributed by atoms with E-state index in [0.717, 1.165) is 42.7 Å². The van der Waals surface area contributed by atoms with Gasteiger partial charge in [0.05, 0.1) is 31.8 Å². The van der Waals surface area contributed by atoms with Crippen LogP contribution in [-0.2, 0) is 17.3 Å². The first kappa shape index (κ1) is 26.3. The van der Waals surface area contributed by atoms with Gasteiger partial charge in [0.25, 0.3) is 11.8 Å². The number of aryl methyl sites for hydroxylation is 2. The Morgan fingerprint density at radius 3 is 2.58 bits per heavy atom. The van der Waals surface area contributed by atoms with Gasteiger partial charge in [-0.15, -0.1) is 0 Å². The largest absolute Gasteiger partial charge is 0.352 e. The smallest absolute Gasteiger partial charge is 0.273 e. The van der Waals surface area contributed by atoms with E-state index in [4.69, 9.17) is 0 Å². The molecule has 2 heterocycles. The number of anilines is 1. The maximum absolute atomic E-state index is 13.8. The van der Waals surface area contributed by atoms with Crippen LogP contribution in [-0.4, -0.2) is 47.1 Å². The second-order valence-corrected chi connectivity index (χ2v) is 11.4. The lowest BCUT2D eigenvalue weighted by molar-refractivity contribution is 0.0946. The molecule has 2 aliphatic heterocycles. The second-order valence-electron chi connectivity index (χ2n) is 10.0. The van der Waals surface area contributed by atoms with E-state index in [2.05, 4.69) is 33.8 Å². The summed E-state index contributed by atoms with van der Waals surface area (Å²) in [6.45, 7) is 8.30. The van der Waals surface area contributed by atoms with Crippen LogP contribution >= 0.6 is 0 Å². The van der Waals surface area contributed by atoms with E-state index in [-0.39, 0.29) is 11.8 Å². The number of hydrazine groups is 1. The maximum Gasteiger partial charge on any atom is 0.273 e. The van der Waals surface area contributed by atoms with E-state index in [1.165, 1.54) is 17.9 Å². The lowest BCUT2D eigenvalue weighted by Gasteiger charge is -2.25. The van der Waals surface area contributed by atoms with Crippen LogP contribution in [0, 0.1) is 13.8 Å². The number of fused-ring (bicyclic) bond motifs is 2. The van der Waals surface area contributed by atoms with E-state index in [1.807, 2.05) is 13.8 Å². The predicted octanol–water partition coefficient (Wildman–Crippen LogP) is 4.35. The molecule has 2 amide bonds. The van der Waals surface area contributed by atoms with Gasteiger partial charge in [0, 0.05) is 18.7 Å². The van der Waals surface area contributed by atoms with Crippen molar-refractivity contribution < 1.29 is 13.8 Å². The van der Waals surface area contributed by atoms with Crippen LogP contribution < -0.4 is 15.8 Å². The molecule has 5 rings (SSSR count). The van der Waals surface area contributed by atoms with Gasteiger partial charge in [-0.2, -0.15) is 0 Å². The lowest BCUT2D eigenvalue weighted by atomic mass is 10.1. The zero-order valence-electron chi connectivity index (χ0n) is 22.0. The van der Waals surface area contributed by atoms with Gasteiger partial charge in [-0.3, -0.25) is 9.59 Å². The first-order chi connectivity index (χ1) is 18.4. The Labute approximate surface area is 226 Å². The van der Waals surface area contributed by atoms with Gasteiger partial charge in [0.15, 0.2) is 0 Å². The molecule has 2 aliphatic rings. The number of carbonyl (C=O) groups excluding carboxylic acids is 2. The lowest BCUT2D eigenvalue weighted by Crippen LogP contribution is -2.43. The molecular weight excluding hydrogens is 496 g/mol. The third-order valence-electron chi connectivity index (χ3n) is 7.25. The number of nitrogens with one attached hydrogen (secondary N) is 2. The van der Waals surface area contributed by atoms with Gasteiger partial charge in [-0.05, 0) is 94.2 Å². The summed E-state index contributed by atoms with van der Waals surface area (Å²) in [4.78, 5) is 30.2. The van der Waals surface area contributed by atoms with E-state index >= 15 is 0 Å². The molecule has 1 saturated heterocycles. The molecule has 3 aromatic rings. The second kappa shape index (κ2) is 11.6. The van der Waals surface area contributed by atoms with Crippen molar-refractivity contribution in [3.63, 3.8) is 0 Å². The van der Waals surface area contributed by atoms with Gasteiger partial charge in [0.1, 0.15) is 0 Å². The highest BCUT2D eigenvalue weighted by atomic mass is 32.2. The van der Waals surface area contributed by atoms with Crippen molar-refractivity contribution in [1.29, 1.82) is 0 Å². The fourth-order valence-electron chi connectivity index (χ4n) is 5.07. The number of hydrogen-bond acceptors (Lipinski definition) is 5. The van der Waals surface area contributed by atoms with Crippen molar-refractivity contribution >= 4 is 28.3 Å². The first-order valence-corrected chi connectivity index (χ1v) is 14.4. The summed E-state index contributed by atoms with van der Waals surface area (Å²) in [7, 11) is -1.57. The molecule has 3 aromatic carbocycles. The van der Waals surface area contributed by atoms with E-state index in [1.54, 1.807) is 42.5 Å². The average molecular weight is 531 g/mol. The quantitative estimate of drug-likeness (QED) is 0.423. The predicted molar refractivity (Wildman–Crippen MR) is 150 cm³/mol. The monoisotopic (exact) mass is 530 g/mol. The molecule has 0 aliphatic carbocycles. The highest BCUT2D eigenvalue weighted by Gasteiger charge is 2.31. The number of likely N-dealkylation sites (tertiary alicyclic amines) is 1. The molecule has 7 nitrogen and oxygen atoms in total. The minimum Gasteiger partial charge on any atom is -0.352 e. The van der Waals surface area contributed by atoms with Crippen LogP contribution in [0.4, 0.5) is 5.69 Å². The highest BCUT2D eigenvalue weighted by molar-refractivity contribution is 7.85. The molecule has 8 heteroatoms. The Morgan fingerprint density at radius 2 is 1.76 bits per heavy atom. The number of nitrogens with zero attached hydrogens (tertiary/aromatic N) is 2. The normalized spacial score (nSPS) is 17.2. The van der Waals surface area contributed by atoms with E-state index in [0.29, 0.717) is 39.7 Å². The maximum atomic E-state index is 13.8. The van der Waals surface area contributed by atoms with Crippen molar-refractivity contribution in [1.82, 2.24) is 15.6 Å². The third-order valence-corrected chi connectivity index (χ3v) is 8.75. The number of amides is 2. The van der Waals surface area contributed by atoms with Gasteiger partial charge < -0.3 is 10.2 Å². The van der Waals surface area contributed by atoms with Crippen LogP contribution in [0.5, 0.6) is 0 Å². The van der Waals surface area contributed by atoms with Crippen molar-refractivity contribution in [2.24, 2.45) is 0 Å². The van der Waals surface area contributed by atoms with Crippen LogP contribution in [0.25, 0.3) is 0 Å². The molecule has 1 atom stereocenters. The molecule has 0 spiro atoms. The minimum absolute atomic E-state index is 0.205. The molecule has 0 aromatic heterocycles. The molecule has 0 radical (unpaired) electrons. The Morgan fingerprint density at radius 1 is 0.974 bits per heavy atom. The number of rotatable bonds is 8. The summed E-state index contributed by atoms with van der Waals surface area (Å²) in [5, 5.41) is 4.46. The average Bonchev–Trinajstić information content (AvgIpc) is 3.43. The standard InChI is InChI=1S/C30H34N4O3S/c1-21-10-11-22(2)24(18-21)20-32-34-26-19-23(29(35)31-14-7-17-33-15-5-6-16-33)12-13-28(26)38(37)27-9-4-3-8-25(27)30(34)36/h3-4,8-13,18-19,32H,5-7,14-17,20H2,1-2H3,(H,31,35). The Bertz CT molecular complexity index is 1380. The van der Waals surface area contributed by atoms with E-state index < -0.39 is 10.8 Å². The van der Waals surface area contributed by atoms with Crippen LogP contribution in [0.2, 0.25) is 0 Å². The third kappa shape index (κ3) is 5.57. The Balaban J connectivity index is 1.41. The molecule has 2 N–H and O–H groups in total. The first-order valence-electron chi connectivity index (χ1n) is 13.2. The number of hydrogen-bond donors (Lipinski definition) is 2. The van der Waals surface area contributed by atoms with Crippen LogP contribution in [0.3, 0.4) is 0 Å². The van der Waals surface area contributed by atoms with Gasteiger partial charge >= 0.3 is 0 Å². The summed E-state index contributed by atoms with van der Waals surface area (Å²) < 4.78 is 13.6. The summed E-state index contributed by atoms with van der Waals surface area (Å²) in [5.41, 5.74) is 7.81. The highest BCUT2D eigenvalue weighted by Crippen LogP contribution is 2.34. The zero-order valence-corrected chi connectivity index (χ0v) is 22.8. The Kier molecular flexibility index (Phi) is 8.02. The number of carbonyl (C=O) groups is 2. The Hall–Kier alpha value is -3.33. The van der Waals surface area contributed by atoms with Gasteiger partial charge in [-0.1, -0.05) is 35.9 Å². The van der Waals surface area contributed by atoms with Gasteiger partial charge in [-0.25, -0.2) is 14.6 Å². The summed E-state index contributed by atoms with van der Waals surface area (Å²) in [5.74, 6) is -0.509. The van der Waals surface area contributed by atoms with Crippen molar-refractivity contribution in [2.75, 3.05) is 31.2 Å². The zero-order chi connectivity index (χ0) is 26.6. The fraction of sp³-hybridized carbons (Fsp3) is 0.333. The van der Waals surface area contributed by atoms with Crippen molar-refractivity contribution in [3.05, 3.63) is 88.5 Å². The molecular formula is C30H34N4O3S. The van der Waals surface area contributed by atoms with Crippen molar-refractivity contribution in [3.8, 4) is 0 Å².